The second kappa shape index (κ2) is 6.04. The van der Waals surface area contributed by atoms with Crippen LogP contribution in [0.2, 0.25) is 0 Å². The Hall–Kier alpha value is -1.30. The van der Waals surface area contributed by atoms with Gasteiger partial charge in [0, 0.05) is 26.1 Å². The van der Waals surface area contributed by atoms with Gasteiger partial charge in [-0.05, 0) is 25.7 Å². The molecule has 1 saturated heterocycles. The minimum Gasteiger partial charge on any atom is -0.481 e. The molecular formula is C12H22N2O4. The summed E-state index contributed by atoms with van der Waals surface area (Å²) in [7, 11) is 0. The van der Waals surface area contributed by atoms with E-state index in [4.69, 9.17) is 5.11 Å². The molecule has 0 aromatic heterocycles. The number of aliphatic carboxylic acids is 1. The van der Waals surface area contributed by atoms with Crippen molar-refractivity contribution >= 4 is 12.0 Å². The number of likely N-dealkylation sites (tertiary alicyclic amines) is 1. The van der Waals surface area contributed by atoms with Crippen LogP contribution in [-0.4, -0.2) is 52.3 Å². The van der Waals surface area contributed by atoms with Crippen LogP contribution in [0.1, 0.15) is 33.1 Å². The lowest BCUT2D eigenvalue weighted by Crippen LogP contribution is -2.49. The fourth-order valence-electron chi connectivity index (χ4n) is 1.94. The molecule has 1 aliphatic rings. The van der Waals surface area contributed by atoms with Gasteiger partial charge in [-0.2, -0.15) is 0 Å². The predicted octanol–water partition coefficient (Wildman–Crippen LogP) is 0.654. The molecule has 18 heavy (non-hydrogen) atoms. The summed E-state index contributed by atoms with van der Waals surface area (Å²) in [4.78, 5) is 23.9. The SMILES string of the molecule is CC(CNC(=O)N1CCC(C)(O)CC1)CC(=O)O. The standard InChI is InChI=1S/C12H22N2O4/c1-9(7-10(15)16)8-13-11(17)14-5-3-12(2,18)4-6-14/h9,18H,3-8H2,1-2H3,(H,13,17)(H,15,16). The van der Waals surface area contributed by atoms with E-state index in [1.807, 2.05) is 0 Å². The van der Waals surface area contributed by atoms with Crippen LogP contribution in [0, 0.1) is 5.92 Å². The van der Waals surface area contributed by atoms with E-state index in [2.05, 4.69) is 5.32 Å². The Morgan fingerprint density at radius 2 is 1.94 bits per heavy atom. The van der Waals surface area contributed by atoms with Crippen LogP contribution in [0.25, 0.3) is 0 Å². The molecule has 6 heteroatoms. The Labute approximate surface area is 107 Å². The Morgan fingerprint density at radius 1 is 1.39 bits per heavy atom. The predicted molar refractivity (Wildman–Crippen MR) is 66.2 cm³/mol. The summed E-state index contributed by atoms with van der Waals surface area (Å²) in [6, 6.07) is -0.178. The normalized spacial score (nSPS) is 20.3. The number of carbonyl (C=O) groups excluding carboxylic acids is 1. The quantitative estimate of drug-likeness (QED) is 0.690. The summed E-state index contributed by atoms with van der Waals surface area (Å²) in [5.74, 6) is -0.940. The van der Waals surface area contributed by atoms with E-state index >= 15 is 0 Å². The summed E-state index contributed by atoms with van der Waals surface area (Å²) >= 11 is 0. The van der Waals surface area contributed by atoms with E-state index in [-0.39, 0.29) is 18.4 Å². The van der Waals surface area contributed by atoms with Crippen LogP contribution in [0.4, 0.5) is 4.79 Å². The zero-order valence-corrected chi connectivity index (χ0v) is 11.0. The maximum absolute atomic E-state index is 11.8. The smallest absolute Gasteiger partial charge is 0.317 e. The molecule has 1 fully saturated rings. The molecule has 0 saturated carbocycles. The third-order valence-corrected chi connectivity index (χ3v) is 3.25. The number of carbonyl (C=O) groups is 2. The number of rotatable bonds is 4. The molecule has 1 unspecified atom stereocenters. The summed E-state index contributed by atoms with van der Waals surface area (Å²) in [6.07, 6.45) is 1.20. The lowest BCUT2D eigenvalue weighted by Gasteiger charge is -2.35. The molecule has 104 valence electrons. The number of carboxylic acid groups (broad SMARTS) is 1. The van der Waals surface area contributed by atoms with Crippen molar-refractivity contribution in [1.29, 1.82) is 0 Å². The molecule has 1 rings (SSSR count). The van der Waals surface area contributed by atoms with Crippen molar-refractivity contribution < 1.29 is 19.8 Å². The molecule has 0 radical (unpaired) electrons. The van der Waals surface area contributed by atoms with Crippen molar-refractivity contribution in [2.24, 2.45) is 5.92 Å². The van der Waals surface area contributed by atoms with Gasteiger partial charge in [-0.1, -0.05) is 6.92 Å². The number of carboxylic acids is 1. The van der Waals surface area contributed by atoms with E-state index in [1.54, 1.807) is 18.7 Å². The first-order valence-electron chi connectivity index (χ1n) is 6.27. The molecule has 0 bridgehead atoms. The molecular weight excluding hydrogens is 236 g/mol. The van der Waals surface area contributed by atoms with E-state index in [1.165, 1.54) is 0 Å². The number of aliphatic hydroxyl groups is 1. The third kappa shape index (κ3) is 4.91. The fraction of sp³-hybridized carbons (Fsp3) is 0.833. The van der Waals surface area contributed by atoms with Gasteiger partial charge in [-0.25, -0.2) is 4.79 Å². The summed E-state index contributed by atoms with van der Waals surface area (Å²) in [6.45, 7) is 4.99. The van der Waals surface area contributed by atoms with Crippen molar-refractivity contribution in [1.82, 2.24) is 10.2 Å². The number of hydrogen-bond donors (Lipinski definition) is 3. The monoisotopic (exact) mass is 258 g/mol. The number of nitrogens with zero attached hydrogens (tertiary/aromatic N) is 1. The van der Waals surface area contributed by atoms with Gasteiger partial charge in [0.1, 0.15) is 0 Å². The summed E-state index contributed by atoms with van der Waals surface area (Å²) in [5.41, 5.74) is -0.673. The van der Waals surface area contributed by atoms with E-state index in [0.717, 1.165) is 0 Å². The number of amides is 2. The topological polar surface area (TPSA) is 89.9 Å². The Balaban J connectivity index is 2.27. The zero-order chi connectivity index (χ0) is 13.8. The second-order valence-electron chi connectivity index (χ2n) is 5.37. The van der Waals surface area contributed by atoms with Gasteiger partial charge in [-0.15, -0.1) is 0 Å². The molecule has 1 aliphatic heterocycles. The first-order chi connectivity index (χ1) is 8.30. The van der Waals surface area contributed by atoms with Gasteiger partial charge >= 0.3 is 12.0 Å². The van der Waals surface area contributed by atoms with Crippen molar-refractivity contribution in [3.63, 3.8) is 0 Å². The molecule has 0 aromatic rings. The lowest BCUT2D eigenvalue weighted by molar-refractivity contribution is -0.137. The Kier molecular flexibility index (Phi) is 4.95. The van der Waals surface area contributed by atoms with Crippen LogP contribution in [0.3, 0.4) is 0 Å². The van der Waals surface area contributed by atoms with Crippen molar-refractivity contribution in [2.45, 2.75) is 38.7 Å². The highest BCUT2D eigenvalue weighted by Gasteiger charge is 2.29. The number of nitrogens with one attached hydrogen (secondary N) is 1. The maximum Gasteiger partial charge on any atom is 0.317 e. The van der Waals surface area contributed by atoms with Gasteiger partial charge in [-0.3, -0.25) is 4.79 Å². The van der Waals surface area contributed by atoms with Gasteiger partial charge < -0.3 is 20.4 Å². The molecule has 0 aromatic carbocycles. The van der Waals surface area contributed by atoms with Gasteiger partial charge in [0.05, 0.1) is 5.60 Å². The average Bonchev–Trinajstić information content (AvgIpc) is 2.25. The zero-order valence-electron chi connectivity index (χ0n) is 11.0. The van der Waals surface area contributed by atoms with E-state index < -0.39 is 11.6 Å². The minimum absolute atomic E-state index is 0.0506. The molecule has 1 atom stereocenters. The fourth-order valence-corrected chi connectivity index (χ4v) is 1.94. The van der Waals surface area contributed by atoms with E-state index in [0.29, 0.717) is 32.5 Å². The minimum atomic E-state index is -0.856. The molecule has 1 heterocycles. The number of piperidine rings is 1. The molecule has 0 spiro atoms. The molecule has 2 amide bonds. The largest absolute Gasteiger partial charge is 0.481 e. The third-order valence-electron chi connectivity index (χ3n) is 3.25. The lowest BCUT2D eigenvalue weighted by atomic mass is 9.94. The maximum atomic E-state index is 11.8. The van der Waals surface area contributed by atoms with Gasteiger partial charge in [0.15, 0.2) is 0 Å². The first kappa shape index (κ1) is 14.8. The van der Waals surface area contributed by atoms with Crippen molar-refractivity contribution in [3.8, 4) is 0 Å². The van der Waals surface area contributed by atoms with Gasteiger partial charge in [0.2, 0.25) is 0 Å². The molecule has 3 N–H and O–H groups in total. The summed E-state index contributed by atoms with van der Waals surface area (Å²) < 4.78 is 0. The molecule has 6 nitrogen and oxygen atoms in total. The number of hydrogen-bond acceptors (Lipinski definition) is 3. The van der Waals surface area contributed by atoms with E-state index in [9.17, 15) is 14.7 Å². The average molecular weight is 258 g/mol. The highest BCUT2D eigenvalue weighted by molar-refractivity contribution is 5.74. The molecule has 0 aliphatic carbocycles. The Morgan fingerprint density at radius 3 is 2.44 bits per heavy atom. The highest BCUT2D eigenvalue weighted by Crippen LogP contribution is 2.20. The number of urea groups is 1. The van der Waals surface area contributed by atoms with Crippen LogP contribution < -0.4 is 5.32 Å². The van der Waals surface area contributed by atoms with Crippen LogP contribution in [-0.2, 0) is 4.79 Å². The first-order valence-corrected chi connectivity index (χ1v) is 6.27. The summed E-state index contributed by atoms with van der Waals surface area (Å²) in [5, 5.41) is 21.1. The van der Waals surface area contributed by atoms with Crippen molar-refractivity contribution in [3.05, 3.63) is 0 Å². The highest BCUT2D eigenvalue weighted by atomic mass is 16.4. The van der Waals surface area contributed by atoms with Crippen LogP contribution >= 0.6 is 0 Å². The Bertz CT molecular complexity index is 307. The van der Waals surface area contributed by atoms with Crippen LogP contribution in [0.5, 0.6) is 0 Å². The van der Waals surface area contributed by atoms with Gasteiger partial charge in [0.25, 0.3) is 0 Å². The van der Waals surface area contributed by atoms with Crippen LogP contribution in [0.15, 0.2) is 0 Å². The second-order valence-corrected chi connectivity index (χ2v) is 5.37. The van der Waals surface area contributed by atoms with Crippen molar-refractivity contribution in [2.75, 3.05) is 19.6 Å².